The highest BCUT2D eigenvalue weighted by atomic mass is 16.6. The molecule has 0 saturated heterocycles. The molecular weight excluding hydrogens is 338 g/mol. The Kier molecular flexibility index (Phi) is 6.23. The highest BCUT2D eigenvalue weighted by Crippen LogP contribution is 2.23. The van der Waals surface area contributed by atoms with Crippen molar-refractivity contribution in [1.82, 2.24) is 25.3 Å². The maximum absolute atomic E-state index is 12.5. The first kappa shape index (κ1) is 19.7. The molecule has 0 atom stereocenters. The molecule has 1 aromatic rings. The van der Waals surface area contributed by atoms with E-state index < -0.39 is 11.7 Å². The molecule has 0 saturated carbocycles. The highest BCUT2D eigenvalue weighted by molar-refractivity contribution is 5.94. The molecule has 3 amide bonds. The van der Waals surface area contributed by atoms with Gasteiger partial charge in [-0.2, -0.15) is 5.10 Å². The summed E-state index contributed by atoms with van der Waals surface area (Å²) < 4.78 is 6.98. The normalized spacial score (nSPS) is 13.8. The van der Waals surface area contributed by atoms with Crippen LogP contribution in [-0.2, 0) is 29.5 Å². The van der Waals surface area contributed by atoms with E-state index in [0.29, 0.717) is 51.1 Å². The molecule has 9 heteroatoms. The molecule has 0 aliphatic carbocycles. The van der Waals surface area contributed by atoms with E-state index in [1.165, 1.54) is 0 Å². The molecular formula is C17H27N5O4. The van der Waals surface area contributed by atoms with Crippen molar-refractivity contribution >= 4 is 18.4 Å². The summed E-state index contributed by atoms with van der Waals surface area (Å²) in [5.41, 5.74) is 1.48. The van der Waals surface area contributed by atoms with Crippen LogP contribution in [0.4, 0.5) is 4.79 Å². The van der Waals surface area contributed by atoms with Gasteiger partial charge in [0.2, 0.25) is 6.41 Å². The minimum absolute atomic E-state index is 0.238. The van der Waals surface area contributed by atoms with Crippen LogP contribution >= 0.6 is 0 Å². The van der Waals surface area contributed by atoms with Gasteiger partial charge in [-0.25, -0.2) is 4.79 Å². The van der Waals surface area contributed by atoms with Crippen LogP contribution in [0.15, 0.2) is 0 Å². The molecule has 1 aromatic heterocycles. The summed E-state index contributed by atoms with van der Waals surface area (Å²) in [5.74, 6) is -0.238. The van der Waals surface area contributed by atoms with Gasteiger partial charge >= 0.3 is 6.09 Å². The molecule has 0 aromatic carbocycles. The lowest BCUT2D eigenvalue weighted by atomic mass is 10.1. The van der Waals surface area contributed by atoms with Gasteiger partial charge in [-0.05, 0) is 27.2 Å². The van der Waals surface area contributed by atoms with Crippen LogP contribution in [0.1, 0.15) is 48.9 Å². The molecule has 1 aliphatic heterocycles. The fourth-order valence-corrected chi connectivity index (χ4v) is 2.80. The maximum atomic E-state index is 12.5. The molecule has 1 aliphatic rings. The number of rotatable bonds is 6. The minimum Gasteiger partial charge on any atom is -0.444 e. The summed E-state index contributed by atoms with van der Waals surface area (Å²) in [6.45, 7) is 7.22. The second kappa shape index (κ2) is 8.20. The average molecular weight is 365 g/mol. The van der Waals surface area contributed by atoms with Crippen molar-refractivity contribution in [1.29, 1.82) is 0 Å². The smallest absolute Gasteiger partial charge is 0.410 e. The van der Waals surface area contributed by atoms with Crippen molar-refractivity contribution in [2.45, 2.75) is 45.8 Å². The third-order valence-corrected chi connectivity index (χ3v) is 3.93. The van der Waals surface area contributed by atoms with Crippen LogP contribution in [0.3, 0.4) is 0 Å². The number of fused-ring (bicyclic) bond motifs is 1. The predicted octanol–water partition coefficient (Wildman–Crippen LogP) is 0.579. The van der Waals surface area contributed by atoms with E-state index in [-0.39, 0.29) is 5.91 Å². The van der Waals surface area contributed by atoms with Gasteiger partial charge in [-0.15, -0.1) is 0 Å². The zero-order chi connectivity index (χ0) is 19.3. The molecule has 2 heterocycles. The monoisotopic (exact) mass is 365 g/mol. The van der Waals surface area contributed by atoms with Gasteiger partial charge in [0.1, 0.15) is 11.3 Å². The molecule has 9 nitrogen and oxygen atoms in total. The van der Waals surface area contributed by atoms with Crippen molar-refractivity contribution in [3.8, 4) is 0 Å². The molecule has 144 valence electrons. The number of aromatic nitrogens is 2. The molecule has 0 fully saturated rings. The number of aryl methyl sites for hydroxylation is 1. The van der Waals surface area contributed by atoms with Crippen molar-refractivity contribution in [3.63, 3.8) is 0 Å². The number of nitrogens with one attached hydrogen (secondary N) is 2. The first-order chi connectivity index (χ1) is 12.2. The number of carbonyl (C=O) groups is 3. The van der Waals surface area contributed by atoms with Gasteiger partial charge in [0.15, 0.2) is 0 Å². The second-order valence-corrected chi connectivity index (χ2v) is 7.23. The molecule has 0 unspecified atom stereocenters. The molecule has 0 radical (unpaired) electrons. The third-order valence-electron chi connectivity index (χ3n) is 3.93. The van der Waals surface area contributed by atoms with Crippen LogP contribution in [-0.4, -0.2) is 58.3 Å². The Hall–Kier alpha value is -2.58. The van der Waals surface area contributed by atoms with Crippen LogP contribution in [0, 0.1) is 0 Å². The fourth-order valence-electron chi connectivity index (χ4n) is 2.80. The van der Waals surface area contributed by atoms with E-state index in [0.717, 1.165) is 11.3 Å². The lowest BCUT2D eigenvalue weighted by Gasteiger charge is -2.29. The summed E-state index contributed by atoms with van der Waals surface area (Å²) in [7, 11) is 1.72. The van der Waals surface area contributed by atoms with Gasteiger partial charge in [-0.1, -0.05) is 0 Å². The molecule has 0 spiro atoms. The second-order valence-electron chi connectivity index (χ2n) is 7.23. The zero-order valence-corrected chi connectivity index (χ0v) is 15.8. The van der Waals surface area contributed by atoms with Crippen LogP contribution < -0.4 is 10.6 Å². The Balaban J connectivity index is 2.05. The van der Waals surface area contributed by atoms with Gasteiger partial charge < -0.3 is 20.3 Å². The highest BCUT2D eigenvalue weighted by Gasteiger charge is 2.31. The lowest BCUT2D eigenvalue weighted by molar-refractivity contribution is -0.109. The Morgan fingerprint density at radius 2 is 2.04 bits per heavy atom. The number of ether oxygens (including phenoxy) is 1. The summed E-state index contributed by atoms with van der Waals surface area (Å²) in [5, 5.41) is 9.79. The molecule has 0 bridgehead atoms. The summed E-state index contributed by atoms with van der Waals surface area (Å²) >= 11 is 0. The number of hydrogen-bond donors (Lipinski definition) is 2. The van der Waals surface area contributed by atoms with Gasteiger partial charge in [-0.3, -0.25) is 14.3 Å². The average Bonchev–Trinajstić information content (AvgIpc) is 2.87. The lowest BCUT2D eigenvalue weighted by Crippen LogP contribution is -2.40. The summed E-state index contributed by atoms with van der Waals surface area (Å²) in [4.78, 5) is 36.7. The standard InChI is InChI=1S/C17H27N5O4/c1-17(2,3)26-16(25)22-9-6-13-12(10-22)14(21(4)20-13)15(24)19-8-5-7-18-11-23/h11H,5-10H2,1-4H3,(H,18,23)(H,19,24). The van der Waals surface area contributed by atoms with E-state index in [1.807, 2.05) is 20.8 Å². The first-order valence-electron chi connectivity index (χ1n) is 8.71. The first-order valence-corrected chi connectivity index (χ1v) is 8.71. The number of hydrogen-bond acceptors (Lipinski definition) is 5. The van der Waals surface area contributed by atoms with Crippen molar-refractivity contribution in [2.24, 2.45) is 7.05 Å². The third kappa shape index (κ3) is 4.96. The Labute approximate surface area is 153 Å². The van der Waals surface area contributed by atoms with E-state index in [9.17, 15) is 14.4 Å². The SMILES string of the molecule is Cn1nc2c(c1C(=O)NCCCNC=O)CN(C(=O)OC(C)(C)C)CC2. The number of carbonyl (C=O) groups excluding carboxylic acids is 3. The summed E-state index contributed by atoms with van der Waals surface area (Å²) in [6, 6.07) is 0. The molecule has 26 heavy (non-hydrogen) atoms. The molecule has 2 rings (SSSR count). The van der Waals surface area contributed by atoms with Crippen LogP contribution in [0.2, 0.25) is 0 Å². The quantitative estimate of drug-likeness (QED) is 0.567. The van der Waals surface area contributed by atoms with Gasteiger partial charge in [0, 0.05) is 38.7 Å². The fraction of sp³-hybridized carbons (Fsp3) is 0.647. The maximum Gasteiger partial charge on any atom is 0.410 e. The Bertz CT molecular complexity index is 677. The van der Waals surface area contributed by atoms with Crippen molar-refractivity contribution in [3.05, 3.63) is 17.0 Å². The topological polar surface area (TPSA) is 106 Å². The number of nitrogens with zero attached hydrogens (tertiary/aromatic N) is 3. The number of amides is 3. The van der Waals surface area contributed by atoms with Gasteiger partial charge in [0.25, 0.3) is 5.91 Å². The van der Waals surface area contributed by atoms with Gasteiger partial charge in [0.05, 0.1) is 12.2 Å². The van der Waals surface area contributed by atoms with Crippen LogP contribution in [0.5, 0.6) is 0 Å². The van der Waals surface area contributed by atoms with E-state index in [4.69, 9.17) is 4.74 Å². The minimum atomic E-state index is -0.567. The van der Waals surface area contributed by atoms with E-state index in [2.05, 4.69) is 15.7 Å². The Morgan fingerprint density at radius 3 is 2.69 bits per heavy atom. The Morgan fingerprint density at radius 1 is 1.31 bits per heavy atom. The van der Waals surface area contributed by atoms with E-state index >= 15 is 0 Å². The predicted molar refractivity (Wildman–Crippen MR) is 94.6 cm³/mol. The summed E-state index contributed by atoms with van der Waals surface area (Å²) in [6.07, 6.45) is 1.45. The largest absolute Gasteiger partial charge is 0.444 e. The zero-order valence-electron chi connectivity index (χ0n) is 15.8. The van der Waals surface area contributed by atoms with Crippen molar-refractivity contribution < 1.29 is 19.1 Å². The van der Waals surface area contributed by atoms with Crippen LogP contribution in [0.25, 0.3) is 0 Å². The molecule has 2 N–H and O–H groups in total. The van der Waals surface area contributed by atoms with E-state index in [1.54, 1.807) is 16.6 Å². The van der Waals surface area contributed by atoms with Crippen molar-refractivity contribution in [2.75, 3.05) is 19.6 Å².